The van der Waals surface area contributed by atoms with Gasteiger partial charge >= 0.3 is 0 Å². The van der Waals surface area contributed by atoms with Crippen molar-refractivity contribution in [1.29, 1.82) is 0 Å². The van der Waals surface area contributed by atoms with Crippen molar-refractivity contribution >= 4 is 22.5 Å². The van der Waals surface area contributed by atoms with Crippen LogP contribution >= 0.6 is 0 Å². The van der Waals surface area contributed by atoms with E-state index in [0.717, 1.165) is 10.9 Å². The van der Waals surface area contributed by atoms with E-state index in [0.29, 0.717) is 29.3 Å². The number of halogens is 1. The van der Waals surface area contributed by atoms with E-state index in [1.165, 1.54) is 12.1 Å². The largest absolute Gasteiger partial charge is 0.492 e. The van der Waals surface area contributed by atoms with Gasteiger partial charge in [-0.3, -0.25) is 4.79 Å². The Bertz CT molecular complexity index is 871. The van der Waals surface area contributed by atoms with Crippen molar-refractivity contribution in [3.63, 3.8) is 0 Å². The number of aromatic amines is 1. The maximum absolute atomic E-state index is 13.3. The summed E-state index contributed by atoms with van der Waals surface area (Å²) in [6, 6.07) is 11.7. The number of benzene rings is 2. The Hall–Kier alpha value is -2.82. The molecular weight excluding hydrogens is 295 g/mol. The van der Waals surface area contributed by atoms with Gasteiger partial charge in [-0.1, -0.05) is 12.1 Å². The number of aromatic nitrogens is 1. The molecule has 0 aliphatic rings. The predicted octanol–water partition coefficient (Wildman–Crippen LogP) is 4.27. The highest BCUT2D eigenvalue weighted by atomic mass is 19.1. The topological polar surface area (TPSA) is 54.1 Å². The smallest absolute Gasteiger partial charge is 0.272 e. The number of ether oxygens (including phenoxy) is 1. The Balaban J connectivity index is 1.94. The highest BCUT2D eigenvalue weighted by Crippen LogP contribution is 2.26. The minimum absolute atomic E-state index is 0.286. The predicted molar refractivity (Wildman–Crippen MR) is 88.6 cm³/mol. The molecule has 2 aromatic carbocycles. The van der Waals surface area contributed by atoms with Gasteiger partial charge in [-0.2, -0.15) is 0 Å². The molecule has 0 atom stereocenters. The number of para-hydroxylation sites is 2. The summed E-state index contributed by atoms with van der Waals surface area (Å²) in [5, 5.41) is 3.67. The molecule has 4 nitrogen and oxygen atoms in total. The molecule has 0 saturated heterocycles. The normalized spacial score (nSPS) is 10.7. The van der Waals surface area contributed by atoms with Crippen molar-refractivity contribution in [2.24, 2.45) is 0 Å². The molecule has 0 fully saturated rings. The maximum Gasteiger partial charge on any atom is 0.272 e. The Kier molecular flexibility index (Phi) is 4.02. The number of carbonyl (C=O) groups is 1. The van der Waals surface area contributed by atoms with E-state index in [-0.39, 0.29) is 11.7 Å². The van der Waals surface area contributed by atoms with Crippen LogP contribution in [0.4, 0.5) is 10.1 Å². The van der Waals surface area contributed by atoms with Crippen LogP contribution in [0.15, 0.2) is 42.5 Å². The lowest BCUT2D eigenvalue weighted by Gasteiger charge is -2.11. The molecule has 23 heavy (non-hydrogen) atoms. The van der Waals surface area contributed by atoms with Gasteiger partial charge in [-0.25, -0.2) is 4.39 Å². The molecule has 5 heteroatoms. The molecule has 1 amide bonds. The molecule has 0 aliphatic carbocycles. The fraction of sp³-hybridized carbons (Fsp3) is 0.167. The van der Waals surface area contributed by atoms with E-state index in [1.807, 2.05) is 26.0 Å². The number of aryl methyl sites for hydroxylation is 1. The van der Waals surface area contributed by atoms with E-state index < -0.39 is 0 Å². The van der Waals surface area contributed by atoms with Crippen molar-refractivity contribution in [3.05, 3.63) is 59.5 Å². The summed E-state index contributed by atoms with van der Waals surface area (Å²) < 4.78 is 18.8. The number of hydrogen-bond donors (Lipinski definition) is 2. The van der Waals surface area contributed by atoms with Crippen molar-refractivity contribution in [2.75, 3.05) is 11.9 Å². The Labute approximate surface area is 133 Å². The summed E-state index contributed by atoms with van der Waals surface area (Å²) in [4.78, 5) is 15.5. The first-order valence-electron chi connectivity index (χ1n) is 7.41. The van der Waals surface area contributed by atoms with E-state index in [9.17, 15) is 9.18 Å². The zero-order valence-electron chi connectivity index (χ0n) is 12.9. The zero-order chi connectivity index (χ0) is 16.4. The third-order valence-corrected chi connectivity index (χ3v) is 3.68. The zero-order valence-corrected chi connectivity index (χ0v) is 12.9. The summed E-state index contributed by atoms with van der Waals surface area (Å²) >= 11 is 0. The van der Waals surface area contributed by atoms with E-state index in [1.54, 1.807) is 18.2 Å². The third kappa shape index (κ3) is 2.90. The van der Waals surface area contributed by atoms with Crippen molar-refractivity contribution in [3.8, 4) is 5.75 Å². The first-order valence-corrected chi connectivity index (χ1v) is 7.41. The van der Waals surface area contributed by atoms with Gasteiger partial charge in [0.1, 0.15) is 17.3 Å². The van der Waals surface area contributed by atoms with Gasteiger partial charge in [0.25, 0.3) is 5.91 Å². The molecule has 0 spiro atoms. The van der Waals surface area contributed by atoms with E-state index in [2.05, 4.69) is 10.3 Å². The van der Waals surface area contributed by atoms with Crippen LogP contribution in [0, 0.1) is 12.7 Å². The number of amides is 1. The number of H-pyrrole nitrogens is 1. The minimum atomic E-state index is -0.340. The first-order chi connectivity index (χ1) is 11.1. The second-order valence-electron chi connectivity index (χ2n) is 5.20. The molecular formula is C18H17FN2O2. The quantitative estimate of drug-likeness (QED) is 0.756. The standard InChI is InChI=1S/C18H17FN2O2/c1-3-23-16-7-5-4-6-14(16)21-18(22)17-11(2)13-9-8-12(19)10-15(13)20-17/h4-10,20H,3H2,1-2H3,(H,21,22). The molecule has 0 bridgehead atoms. The molecule has 0 saturated carbocycles. The number of hydrogen-bond acceptors (Lipinski definition) is 2. The minimum Gasteiger partial charge on any atom is -0.492 e. The molecule has 2 N–H and O–H groups in total. The number of carbonyl (C=O) groups excluding carboxylic acids is 1. The van der Waals surface area contributed by atoms with Gasteiger partial charge in [-0.05, 0) is 49.7 Å². The Morgan fingerprint density at radius 3 is 2.83 bits per heavy atom. The fourth-order valence-corrected chi connectivity index (χ4v) is 2.57. The van der Waals surface area contributed by atoms with Crippen LogP contribution in [0.5, 0.6) is 5.75 Å². The fourth-order valence-electron chi connectivity index (χ4n) is 2.57. The lowest BCUT2D eigenvalue weighted by atomic mass is 10.1. The van der Waals surface area contributed by atoms with Gasteiger partial charge in [0.15, 0.2) is 0 Å². The Morgan fingerprint density at radius 2 is 2.04 bits per heavy atom. The second-order valence-corrected chi connectivity index (χ2v) is 5.20. The van der Waals surface area contributed by atoms with Crippen LogP contribution < -0.4 is 10.1 Å². The maximum atomic E-state index is 13.3. The summed E-state index contributed by atoms with van der Waals surface area (Å²) in [5.74, 6) is -0.0122. The van der Waals surface area contributed by atoms with Gasteiger partial charge < -0.3 is 15.0 Å². The molecule has 118 valence electrons. The van der Waals surface area contributed by atoms with Crippen LogP contribution in [-0.4, -0.2) is 17.5 Å². The van der Waals surface area contributed by atoms with Gasteiger partial charge in [-0.15, -0.1) is 0 Å². The van der Waals surface area contributed by atoms with Gasteiger partial charge in [0, 0.05) is 10.9 Å². The average molecular weight is 312 g/mol. The van der Waals surface area contributed by atoms with Gasteiger partial charge in [0.05, 0.1) is 12.3 Å². The van der Waals surface area contributed by atoms with Crippen LogP contribution in [-0.2, 0) is 0 Å². The molecule has 0 radical (unpaired) electrons. The van der Waals surface area contributed by atoms with Crippen molar-refractivity contribution in [2.45, 2.75) is 13.8 Å². The van der Waals surface area contributed by atoms with Crippen molar-refractivity contribution in [1.82, 2.24) is 4.98 Å². The van der Waals surface area contributed by atoms with Crippen LogP contribution in [0.1, 0.15) is 23.0 Å². The van der Waals surface area contributed by atoms with E-state index in [4.69, 9.17) is 4.74 Å². The summed E-state index contributed by atoms with van der Waals surface area (Å²) in [6.45, 7) is 4.23. The second kappa shape index (κ2) is 6.12. The first kappa shape index (κ1) is 15.1. The molecule has 0 unspecified atom stereocenters. The lowest BCUT2D eigenvalue weighted by Crippen LogP contribution is -2.14. The molecule has 3 rings (SSSR count). The summed E-state index contributed by atoms with van der Waals surface area (Å²) in [5.41, 5.74) is 2.40. The molecule has 1 heterocycles. The Morgan fingerprint density at radius 1 is 1.26 bits per heavy atom. The van der Waals surface area contributed by atoms with Crippen LogP contribution in [0.25, 0.3) is 10.9 Å². The SMILES string of the molecule is CCOc1ccccc1NC(=O)c1[nH]c2cc(F)ccc2c1C. The number of anilines is 1. The van der Waals surface area contributed by atoms with Gasteiger partial charge in [0.2, 0.25) is 0 Å². The highest BCUT2D eigenvalue weighted by Gasteiger charge is 2.16. The lowest BCUT2D eigenvalue weighted by molar-refractivity contribution is 0.102. The van der Waals surface area contributed by atoms with Crippen LogP contribution in [0.3, 0.4) is 0 Å². The number of nitrogens with one attached hydrogen (secondary N) is 2. The molecule has 1 aromatic heterocycles. The number of fused-ring (bicyclic) bond motifs is 1. The number of rotatable bonds is 4. The van der Waals surface area contributed by atoms with Crippen molar-refractivity contribution < 1.29 is 13.9 Å². The monoisotopic (exact) mass is 312 g/mol. The highest BCUT2D eigenvalue weighted by molar-refractivity contribution is 6.08. The molecule has 0 aliphatic heterocycles. The van der Waals surface area contributed by atoms with E-state index >= 15 is 0 Å². The molecule has 3 aromatic rings. The summed E-state index contributed by atoms with van der Waals surface area (Å²) in [6.07, 6.45) is 0. The summed E-state index contributed by atoms with van der Waals surface area (Å²) in [7, 11) is 0. The van der Waals surface area contributed by atoms with Crippen LogP contribution in [0.2, 0.25) is 0 Å². The third-order valence-electron chi connectivity index (χ3n) is 3.68. The average Bonchev–Trinajstić information content (AvgIpc) is 2.86.